The lowest BCUT2D eigenvalue weighted by Gasteiger charge is -2.00. The van der Waals surface area contributed by atoms with Crippen LogP contribution in [-0.2, 0) is 0 Å². The first-order chi connectivity index (χ1) is 15.8. The summed E-state index contributed by atoms with van der Waals surface area (Å²) in [6, 6.07) is 35.3. The van der Waals surface area contributed by atoms with Crippen LogP contribution in [0.5, 0.6) is 0 Å². The number of hydrogen-bond acceptors (Lipinski definition) is 2. The Bertz CT molecular complexity index is 917. The maximum atomic E-state index is 10.5. The van der Waals surface area contributed by atoms with E-state index >= 15 is 0 Å². The van der Waals surface area contributed by atoms with E-state index in [1.54, 1.807) is 0 Å². The van der Waals surface area contributed by atoms with Crippen molar-refractivity contribution >= 4 is 12.6 Å². The molecular weight excluding hydrogens is 392 g/mol. The van der Waals surface area contributed by atoms with Crippen molar-refractivity contribution in [3.8, 4) is 22.3 Å². The van der Waals surface area contributed by atoms with Crippen LogP contribution in [0.25, 0.3) is 22.3 Å². The number of benzene rings is 4. The smallest absolute Gasteiger partial charge is 0.150 e. The van der Waals surface area contributed by atoms with Crippen LogP contribution >= 0.6 is 0 Å². The topological polar surface area (TPSA) is 34.1 Å². The number of carbonyl (C=O) groups excluding carboxylic acids is 2. The summed E-state index contributed by atoms with van der Waals surface area (Å²) in [7, 11) is 0. The van der Waals surface area contributed by atoms with Gasteiger partial charge in [0.2, 0.25) is 0 Å². The van der Waals surface area contributed by atoms with Gasteiger partial charge in [-0.3, -0.25) is 9.59 Å². The van der Waals surface area contributed by atoms with Crippen LogP contribution in [0.2, 0.25) is 0 Å². The number of aldehydes is 2. The third-order valence-corrected chi connectivity index (χ3v) is 4.31. The minimum absolute atomic E-state index is 0.713. The summed E-state index contributed by atoms with van der Waals surface area (Å²) >= 11 is 0. The lowest BCUT2D eigenvalue weighted by atomic mass is 10.0. The van der Waals surface area contributed by atoms with E-state index in [0.717, 1.165) is 23.7 Å². The van der Waals surface area contributed by atoms with Gasteiger partial charge >= 0.3 is 0 Å². The first-order valence-corrected chi connectivity index (χ1v) is 11.0. The van der Waals surface area contributed by atoms with Crippen LogP contribution < -0.4 is 0 Å². The third-order valence-electron chi connectivity index (χ3n) is 4.31. The maximum absolute atomic E-state index is 10.5. The van der Waals surface area contributed by atoms with Gasteiger partial charge in [-0.05, 0) is 22.3 Å². The van der Waals surface area contributed by atoms with E-state index in [0.29, 0.717) is 11.1 Å². The molecule has 0 aliphatic carbocycles. The predicted octanol–water partition coefficient (Wildman–Crippen LogP) is 8.38. The molecule has 0 radical (unpaired) electrons. The molecule has 2 nitrogen and oxygen atoms in total. The molecule has 0 N–H and O–H groups in total. The molecule has 0 bridgehead atoms. The molecule has 0 aliphatic rings. The Balaban J connectivity index is 0.000000277. The molecule has 0 heterocycles. The predicted molar refractivity (Wildman–Crippen MR) is 137 cm³/mol. The molecule has 4 aromatic carbocycles. The van der Waals surface area contributed by atoms with Crippen molar-refractivity contribution in [2.75, 3.05) is 0 Å². The van der Waals surface area contributed by atoms with Gasteiger partial charge in [0, 0.05) is 11.1 Å². The van der Waals surface area contributed by atoms with Crippen LogP contribution in [0.4, 0.5) is 0 Å². The summed E-state index contributed by atoms with van der Waals surface area (Å²) in [6.07, 6.45) is 1.71. The summed E-state index contributed by atoms with van der Waals surface area (Å²) in [4.78, 5) is 20.9. The highest BCUT2D eigenvalue weighted by molar-refractivity contribution is 5.77. The molecule has 0 saturated carbocycles. The van der Waals surface area contributed by atoms with Gasteiger partial charge in [0.1, 0.15) is 12.6 Å². The number of rotatable bonds is 4. The fourth-order valence-corrected chi connectivity index (χ4v) is 2.77. The molecule has 0 saturated heterocycles. The number of hydrogen-bond donors (Lipinski definition) is 0. The van der Waals surface area contributed by atoms with E-state index in [9.17, 15) is 9.59 Å². The van der Waals surface area contributed by atoms with Crippen LogP contribution in [-0.4, -0.2) is 12.6 Å². The van der Waals surface area contributed by atoms with Crippen molar-refractivity contribution in [1.29, 1.82) is 0 Å². The Morgan fingerprint density at radius 3 is 0.875 bits per heavy atom. The zero-order chi connectivity index (χ0) is 23.6. The first-order valence-electron chi connectivity index (χ1n) is 11.0. The van der Waals surface area contributed by atoms with E-state index < -0.39 is 0 Å². The van der Waals surface area contributed by atoms with Crippen molar-refractivity contribution in [1.82, 2.24) is 0 Å². The van der Waals surface area contributed by atoms with Crippen molar-refractivity contribution < 1.29 is 9.59 Å². The van der Waals surface area contributed by atoms with Gasteiger partial charge < -0.3 is 0 Å². The minimum atomic E-state index is 0.713. The Kier molecular flexibility index (Phi) is 13.1. The van der Waals surface area contributed by atoms with Crippen LogP contribution in [0.1, 0.15) is 48.4 Å². The number of carbonyl (C=O) groups is 2. The van der Waals surface area contributed by atoms with Crippen LogP contribution in [0.15, 0.2) is 109 Å². The molecule has 0 fully saturated rings. The highest BCUT2D eigenvalue weighted by atomic mass is 16.1. The van der Waals surface area contributed by atoms with E-state index in [1.165, 1.54) is 11.1 Å². The summed E-state index contributed by atoms with van der Waals surface area (Å²) in [5.74, 6) is 0. The Morgan fingerprint density at radius 2 is 0.625 bits per heavy atom. The van der Waals surface area contributed by atoms with E-state index in [4.69, 9.17) is 0 Å². The average molecular weight is 425 g/mol. The quantitative estimate of drug-likeness (QED) is 0.308. The summed E-state index contributed by atoms with van der Waals surface area (Å²) in [5.41, 5.74) is 6.04. The first kappa shape index (κ1) is 26.3. The van der Waals surface area contributed by atoms with E-state index in [-0.39, 0.29) is 0 Å². The molecule has 164 valence electrons. The van der Waals surface area contributed by atoms with Gasteiger partial charge in [-0.25, -0.2) is 0 Å². The molecule has 0 unspecified atom stereocenters. The average Bonchev–Trinajstić information content (AvgIpc) is 2.92. The molecular formula is C30H32O2. The normalized spacial score (nSPS) is 8.88. The zero-order valence-corrected chi connectivity index (χ0v) is 19.4. The molecule has 0 spiro atoms. The van der Waals surface area contributed by atoms with Crippen LogP contribution in [0.3, 0.4) is 0 Å². The Labute approximate surface area is 192 Å². The van der Waals surface area contributed by atoms with Gasteiger partial charge in [-0.1, -0.05) is 137 Å². The lowest BCUT2D eigenvalue weighted by molar-refractivity contribution is 0.111. The van der Waals surface area contributed by atoms with Crippen molar-refractivity contribution in [3.63, 3.8) is 0 Å². The van der Waals surface area contributed by atoms with Crippen molar-refractivity contribution in [3.05, 3.63) is 120 Å². The monoisotopic (exact) mass is 424 g/mol. The van der Waals surface area contributed by atoms with Gasteiger partial charge in [0.05, 0.1) is 0 Å². The molecule has 4 aromatic rings. The minimum Gasteiger partial charge on any atom is -0.298 e. The molecule has 0 aliphatic heterocycles. The largest absolute Gasteiger partial charge is 0.298 e. The standard InChI is InChI=1S/2C13H10O.2C2H6/c2*14-10-11-6-8-13(9-7-11)12-4-2-1-3-5-12;2*1-2/h2*1-10H;2*1-2H3. The van der Waals surface area contributed by atoms with Crippen molar-refractivity contribution in [2.24, 2.45) is 0 Å². The second kappa shape index (κ2) is 16.0. The molecule has 0 aromatic heterocycles. The highest BCUT2D eigenvalue weighted by Crippen LogP contribution is 2.19. The molecule has 4 rings (SSSR count). The van der Waals surface area contributed by atoms with Gasteiger partial charge in [-0.15, -0.1) is 0 Å². The SMILES string of the molecule is CC.CC.O=Cc1ccc(-c2ccccc2)cc1.O=Cc1ccc(-c2ccccc2)cc1. The summed E-state index contributed by atoms with van der Waals surface area (Å²) in [6.45, 7) is 8.00. The molecule has 0 amide bonds. The van der Waals surface area contributed by atoms with E-state index in [1.807, 2.05) is 113 Å². The summed E-state index contributed by atoms with van der Waals surface area (Å²) in [5, 5.41) is 0. The maximum Gasteiger partial charge on any atom is 0.150 e. The highest BCUT2D eigenvalue weighted by Gasteiger charge is 1.96. The van der Waals surface area contributed by atoms with Gasteiger partial charge in [0.25, 0.3) is 0 Å². The lowest BCUT2D eigenvalue weighted by Crippen LogP contribution is -1.80. The van der Waals surface area contributed by atoms with E-state index in [2.05, 4.69) is 24.3 Å². The Hall–Kier alpha value is -3.78. The fraction of sp³-hybridized carbons (Fsp3) is 0.133. The summed E-state index contributed by atoms with van der Waals surface area (Å²) < 4.78 is 0. The Morgan fingerprint density at radius 1 is 0.375 bits per heavy atom. The molecule has 2 heteroatoms. The zero-order valence-electron chi connectivity index (χ0n) is 19.4. The molecule has 32 heavy (non-hydrogen) atoms. The third kappa shape index (κ3) is 8.53. The fourth-order valence-electron chi connectivity index (χ4n) is 2.77. The van der Waals surface area contributed by atoms with Crippen molar-refractivity contribution in [2.45, 2.75) is 27.7 Å². The molecule has 0 atom stereocenters. The second-order valence-electron chi connectivity index (χ2n) is 6.21. The van der Waals surface area contributed by atoms with Gasteiger partial charge in [-0.2, -0.15) is 0 Å². The second-order valence-corrected chi connectivity index (χ2v) is 6.21. The van der Waals surface area contributed by atoms with Crippen LogP contribution in [0, 0.1) is 0 Å². The van der Waals surface area contributed by atoms with Gasteiger partial charge in [0.15, 0.2) is 0 Å².